The fourth-order valence-electron chi connectivity index (χ4n) is 2.03. The van der Waals surface area contributed by atoms with Gasteiger partial charge in [-0.1, -0.05) is 12.2 Å². The molecule has 19 heavy (non-hydrogen) atoms. The molecule has 1 saturated carbocycles. The topological polar surface area (TPSA) is 49.6 Å². The van der Waals surface area contributed by atoms with Crippen molar-refractivity contribution in [3.05, 3.63) is 0 Å². The van der Waals surface area contributed by atoms with Crippen LogP contribution in [0.25, 0.3) is 0 Å². The maximum Gasteiger partial charge on any atom is 0.223 e. The number of rotatable bonds is 9. The summed E-state index contributed by atoms with van der Waals surface area (Å²) >= 11 is 4.83. The molecule has 1 aliphatic rings. The molecular formula is C14H27N3OS. The van der Waals surface area contributed by atoms with Crippen molar-refractivity contribution >= 4 is 23.1 Å². The summed E-state index contributed by atoms with van der Waals surface area (Å²) in [6.07, 6.45) is 3.89. The van der Waals surface area contributed by atoms with Gasteiger partial charge in [-0.15, -0.1) is 0 Å². The van der Waals surface area contributed by atoms with E-state index in [1.54, 1.807) is 4.90 Å². The third-order valence-electron chi connectivity index (χ3n) is 3.65. The van der Waals surface area contributed by atoms with E-state index in [0.29, 0.717) is 30.4 Å². The van der Waals surface area contributed by atoms with Crippen molar-refractivity contribution < 1.29 is 4.79 Å². The first kappa shape index (κ1) is 16.4. The smallest absolute Gasteiger partial charge is 0.223 e. The van der Waals surface area contributed by atoms with Gasteiger partial charge in [-0.3, -0.25) is 4.79 Å². The lowest BCUT2D eigenvalue weighted by molar-refractivity contribution is -0.130. The van der Waals surface area contributed by atoms with Crippen molar-refractivity contribution in [2.24, 2.45) is 11.7 Å². The number of carbonyl (C=O) groups excluding carboxylic acids is 1. The van der Waals surface area contributed by atoms with E-state index in [0.717, 1.165) is 19.0 Å². The third-order valence-corrected chi connectivity index (χ3v) is 3.86. The Hall–Kier alpha value is -0.680. The predicted molar refractivity (Wildman–Crippen MR) is 83.1 cm³/mol. The number of thiocarbonyl (C=S) groups is 1. The summed E-state index contributed by atoms with van der Waals surface area (Å²) in [5, 5.41) is 0. The SMILES string of the molecule is CC(C)N(CCC(=O)N(C)CCC(N)=S)CC1CC1. The predicted octanol–water partition coefficient (Wildman–Crippen LogP) is 1.63. The molecule has 0 aromatic heterocycles. The zero-order valence-corrected chi connectivity index (χ0v) is 13.2. The van der Waals surface area contributed by atoms with Crippen molar-refractivity contribution in [2.45, 2.75) is 45.6 Å². The molecule has 0 radical (unpaired) electrons. The van der Waals surface area contributed by atoms with Crippen LogP contribution in [0.5, 0.6) is 0 Å². The molecule has 1 aliphatic carbocycles. The Morgan fingerprint density at radius 3 is 2.42 bits per heavy atom. The molecule has 0 aromatic rings. The molecule has 1 rings (SSSR count). The molecule has 2 N–H and O–H groups in total. The van der Waals surface area contributed by atoms with E-state index in [4.69, 9.17) is 18.0 Å². The van der Waals surface area contributed by atoms with E-state index in [1.807, 2.05) is 7.05 Å². The van der Waals surface area contributed by atoms with Crippen LogP contribution in [0.1, 0.15) is 39.5 Å². The summed E-state index contributed by atoms with van der Waals surface area (Å²) in [6, 6.07) is 0.510. The number of hydrogen-bond acceptors (Lipinski definition) is 3. The molecule has 0 saturated heterocycles. The van der Waals surface area contributed by atoms with Crippen molar-refractivity contribution in [1.82, 2.24) is 9.80 Å². The number of nitrogens with zero attached hydrogens (tertiary/aromatic N) is 2. The van der Waals surface area contributed by atoms with Crippen LogP contribution in [-0.4, -0.2) is 53.4 Å². The van der Waals surface area contributed by atoms with E-state index in [2.05, 4.69) is 18.7 Å². The van der Waals surface area contributed by atoms with Crippen LogP contribution in [0.2, 0.25) is 0 Å². The second-order valence-electron chi connectivity index (χ2n) is 5.81. The standard InChI is InChI=1S/C14H27N3OS/c1-11(2)17(10-12-4-5-12)9-7-14(18)16(3)8-6-13(15)19/h11-12H,4-10H2,1-3H3,(H2,15,19). The Bertz CT molecular complexity index is 316. The van der Waals surface area contributed by atoms with Crippen LogP contribution in [0.15, 0.2) is 0 Å². The molecule has 4 nitrogen and oxygen atoms in total. The zero-order chi connectivity index (χ0) is 14.4. The molecule has 1 amide bonds. The second kappa shape index (κ2) is 7.80. The lowest BCUT2D eigenvalue weighted by Gasteiger charge is -2.27. The summed E-state index contributed by atoms with van der Waals surface area (Å²) in [4.78, 5) is 16.6. The largest absolute Gasteiger partial charge is 0.393 e. The van der Waals surface area contributed by atoms with Crippen LogP contribution in [-0.2, 0) is 4.79 Å². The van der Waals surface area contributed by atoms with Crippen molar-refractivity contribution in [3.63, 3.8) is 0 Å². The van der Waals surface area contributed by atoms with Gasteiger partial charge in [-0.05, 0) is 32.6 Å². The van der Waals surface area contributed by atoms with Crippen LogP contribution in [0.3, 0.4) is 0 Å². The van der Waals surface area contributed by atoms with Gasteiger partial charge in [0, 0.05) is 45.6 Å². The van der Waals surface area contributed by atoms with E-state index in [1.165, 1.54) is 12.8 Å². The second-order valence-corrected chi connectivity index (χ2v) is 6.34. The molecule has 0 unspecified atom stereocenters. The summed E-state index contributed by atoms with van der Waals surface area (Å²) < 4.78 is 0. The minimum Gasteiger partial charge on any atom is -0.393 e. The van der Waals surface area contributed by atoms with E-state index >= 15 is 0 Å². The lowest BCUT2D eigenvalue weighted by atomic mass is 10.2. The molecule has 110 valence electrons. The summed E-state index contributed by atoms with van der Waals surface area (Å²) in [5.41, 5.74) is 5.45. The Kier molecular flexibility index (Phi) is 6.72. The number of nitrogens with two attached hydrogens (primary N) is 1. The minimum atomic E-state index is 0.178. The van der Waals surface area contributed by atoms with Crippen molar-refractivity contribution in [1.29, 1.82) is 0 Å². The highest BCUT2D eigenvalue weighted by Gasteiger charge is 2.25. The van der Waals surface area contributed by atoms with E-state index in [9.17, 15) is 4.79 Å². The van der Waals surface area contributed by atoms with Gasteiger partial charge in [0.1, 0.15) is 0 Å². The molecular weight excluding hydrogens is 258 g/mol. The summed E-state index contributed by atoms with van der Waals surface area (Å²) in [7, 11) is 1.82. The van der Waals surface area contributed by atoms with Crippen molar-refractivity contribution in [2.75, 3.05) is 26.7 Å². The fourth-order valence-corrected chi connectivity index (χ4v) is 2.12. The zero-order valence-electron chi connectivity index (χ0n) is 12.4. The normalized spacial score (nSPS) is 15.0. The average Bonchev–Trinajstić information content (AvgIpc) is 3.14. The number of amides is 1. The fraction of sp³-hybridized carbons (Fsp3) is 0.857. The highest BCUT2D eigenvalue weighted by atomic mass is 32.1. The minimum absolute atomic E-state index is 0.178. The Morgan fingerprint density at radius 1 is 1.32 bits per heavy atom. The van der Waals surface area contributed by atoms with Gasteiger partial charge in [0.15, 0.2) is 0 Å². The first-order valence-electron chi connectivity index (χ1n) is 7.16. The molecule has 5 heteroatoms. The molecule has 0 aromatic carbocycles. The lowest BCUT2D eigenvalue weighted by Crippen LogP contribution is -2.37. The third kappa shape index (κ3) is 6.87. The summed E-state index contributed by atoms with van der Waals surface area (Å²) in [6.45, 7) is 7.01. The van der Waals surface area contributed by atoms with E-state index < -0.39 is 0 Å². The molecule has 0 atom stereocenters. The van der Waals surface area contributed by atoms with Gasteiger partial charge in [0.25, 0.3) is 0 Å². The van der Waals surface area contributed by atoms with Gasteiger partial charge >= 0.3 is 0 Å². The average molecular weight is 285 g/mol. The first-order valence-corrected chi connectivity index (χ1v) is 7.57. The molecule has 0 heterocycles. The highest BCUT2D eigenvalue weighted by Crippen LogP contribution is 2.30. The van der Waals surface area contributed by atoms with Crippen LogP contribution < -0.4 is 5.73 Å². The summed E-state index contributed by atoms with van der Waals surface area (Å²) in [5.74, 6) is 1.04. The highest BCUT2D eigenvalue weighted by molar-refractivity contribution is 7.80. The molecule has 1 fully saturated rings. The number of carbonyl (C=O) groups is 1. The van der Waals surface area contributed by atoms with Gasteiger partial charge in [-0.25, -0.2) is 0 Å². The monoisotopic (exact) mass is 285 g/mol. The maximum absolute atomic E-state index is 12.0. The van der Waals surface area contributed by atoms with E-state index in [-0.39, 0.29) is 5.91 Å². The molecule has 0 spiro atoms. The Labute approximate surface area is 122 Å². The van der Waals surface area contributed by atoms with Gasteiger partial charge in [0.2, 0.25) is 5.91 Å². The van der Waals surface area contributed by atoms with Crippen LogP contribution >= 0.6 is 12.2 Å². The quantitative estimate of drug-likeness (QED) is 0.654. The Balaban J connectivity index is 2.27. The molecule has 0 bridgehead atoms. The Morgan fingerprint density at radius 2 is 1.95 bits per heavy atom. The van der Waals surface area contributed by atoms with Gasteiger partial charge in [-0.2, -0.15) is 0 Å². The van der Waals surface area contributed by atoms with Crippen molar-refractivity contribution in [3.8, 4) is 0 Å². The van der Waals surface area contributed by atoms with Gasteiger partial charge < -0.3 is 15.5 Å². The maximum atomic E-state index is 12.0. The van der Waals surface area contributed by atoms with Crippen LogP contribution in [0.4, 0.5) is 0 Å². The number of hydrogen-bond donors (Lipinski definition) is 1. The molecule has 0 aliphatic heterocycles. The van der Waals surface area contributed by atoms with Crippen LogP contribution in [0, 0.1) is 5.92 Å². The first-order chi connectivity index (χ1) is 8.90. The van der Waals surface area contributed by atoms with Gasteiger partial charge in [0.05, 0.1) is 4.99 Å².